The lowest BCUT2D eigenvalue weighted by Gasteiger charge is -2.34. The molecule has 0 aliphatic rings. The summed E-state index contributed by atoms with van der Waals surface area (Å²) in [7, 11) is 5.05. The number of hydrogen-bond donors (Lipinski definition) is 1. The number of carboxylic acids is 1. The van der Waals surface area contributed by atoms with Crippen LogP contribution in [0.1, 0.15) is 167 Å². The van der Waals surface area contributed by atoms with Gasteiger partial charge in [0.15, 0.2) is 12.2 Å². The average molecular weight is 1540 g/mol. The molecule has 3 rings (SSSR count). The van der Waals surface area contributed by atoms with E-state index in [9.17, 15) is 83.8 Å². The number of nitrogens with zero attached hydrogens (tertiary/aromatic N) is 4. The second kappa shape index (κ2) is 38.6. The van der Waals surface area contributed by atoms with Crippen molar-refractivity contribution < 1.29 is 121 Å². The monoisotopic (exact) mass is 1540 g/mol. The Morgan fingerprint density at radius 3 is 1.00 bits per heavy atom. The van der Waals surface area contributed by atoms with Crippen LogP contribution in [0.5, 0.6) is 0 Å². The molecule has 3 aromatic rings. The summed E-state index contributed by atoms with van der Waals surface area (Å²) in [4.78, 5) is 136. The first-order valence-corrected chi connectivity index (χ1v) is 35.0. The molecule has 32 heteroatoms. The second-order valence-corrected chi connectivity index (χ2v) is 33.0. The summed E-state index contributed by atoms with van der Waals surface area (Å²) in [5, 5.41) is 9.74. The highest BCUT2D eigenvalue weighted by molar-refractivity contribution is 8.00. The molecule has 0 spiro atoms. The van der Waals surface area contributed by atoms with Gasteiger partial charge in [-0.25, -0.2) is 47.1 Å². The van der Waals surface area contributed by atoms with E-state index in [1.165, 1.54) is 85.2 Å². The van der Waals surface area contributed by atoms with Crippen molar-refractivity contribution >= 4 is 83.3 Å². The van der Waals surface area contributed by atoms with Crippen LogP contribution >= 0.6 is 23.5 Å². The number of likely N-dealkylation sites (N-methyl/N-ethyl adjacent to an activating group) is 4. The van der Waals surface area contributed by atoms with Crippen LogP contribution < -0.4 is 0 Å². The zero-order valence-corrected chi connectivity index (χ0v) is 65.2. The highest BCUT2D eigenvalue weighted by Crippen LogP contribution is 2.39. The Bertz CT molecular complexity index is 3400. The van der Waals surface area contributed by atoms with Crippen molar-refractivity contribution in [1.82, 2.24) is 19.6 Å². The molecule has 8 atom stereocenters. The third kappa shape index (κ3) is 36.3. The number of halogens is 8. The molecule has 590 valence electrons. The molecule has 0 fully saturated rings. The van der Waals surface area contributed by atoms with Gasteiger partial charge in [-0.1, -0.05) is 96.1 Å². The summed E-state index contributed by atoms with van der Waals surface area (Å²) >= 11 is -0.679. The molecule has 4 amide bonds. The Labute approximate surface area is 617 Å². The molecule has 0 saturated heterocycles. The number of amides is 4. The number of carbonyl (C=O) groups is 10. The predicted octanol–water partition coefficient (Wildman–Crippen LogP) is 14.5. The van der Waals surface area contributed by atoms with Gasteiger partial charge in [-0.15, -0.1) is 0 Å². The molecule has 0 aliphatic carbocycles. The van der Waals surface area contributed by atoms with Crippen molar-refractivity contribution in [1.29, 1.82) is 0 Å². The van der Waals surface area contributed by atoms with Crippen molar-refractivity contribution in [2.24, 2.45) is 10.8 Å². The topological polar surface area (TPSA) is 268 Å². The average Bonchev–Trinajstić information content (AvgIpc) is 0.832. The van der Waals surface area contributed by atoms with Crippen molar-refractivity contribution in [3.63, 3.8) is 0 Å². The number of carboxylic acid groups (broad SMARTS) is 1. The number of benzene rings is 3. The van der Waals surface area contributed by atoms with E-state index < -0.39 is 172 Å². The summed E-state index contributed by atoms with van der Waals surface area (Å²) in [6, 6.07) is 12.8. The Hall–Kier alpha value is -7.90. The largest absolute Gasteiger partial charge is 0.478 e. The van der Waals surface area contributed by atoms with Gasteiger partial charge in [0, 0.05) is 63.7 Å². The molecule has 105 heavy (non-hydrogen) atoms. The smallest absolute Gasteiger partial charge is 0.446 e. The van der Waals surface area contributed by atoms with Gasteiger partial charge < -0.3 is 48.1 Å². The van der Waals surface area contributed by atoms with Crippen LogP contribution in [-0.2, 0) is 91.0 Å². The lowest BCUT2D eigenvalue weighted by atomic mass is 9.87. The molecule has 0 bridgehead atoms. The zero-order valence-electron chi connectivity index (χ0n) is 63.6. The van der Waals surface area contributed by atoms with Crippen LogP contribution in [0.2, 0.25) is 0 Å². The number of rotatable bonds is 30. The maximum Gasteiger partial charge on any atom is 0.446 e. The molecule has 0 aromatic heterocycles. The Balaban J connectivity index is 0.000000720. The third-order valence-electron chi connectivity index (χ3n) is 14.7. The van der Waals surface area contributed by atoms with E-state index in [0.717, 1.165) is 52.6 Å². The van der Waals surface area contributed by atoms with Gasteiger partial charge in [0.25, 0.3) is 11.8 Å². The highest BCUT2D eigenvalue weighted by atomic mass is 32.2. The van der Waals surface area contributed by atoms with Crippen molar-refractivity contribution in [3.8, 4) is 0 Å². The SMILES string of the molecule is C[C@@H](OC(=O)[C@H](CC(C)(C)C)N(C)C(=O)OC(C)(C)C)C(=O)N(C)[C@@H](CC(C)(C)F)C(=O)O[C@H](Cc1ccc(SC(F)(F)F)cc1)C(=O)O.C[C@@H](OC(=O)[C@H](CC(C)(C)C)N(C)C(=O)OC(C)(C)C)C(=O)N(C)[C@@H](CC(C)(C)F)C(=O)O[C@H](Cc1ccc(SC(F)(F)F)cc1)C(=O)OCc1ccccc1. The fourth-order valence-corrected chi connectivity index (χ4v) is 10.8. The van der Waals surface area contributed by atoms with Gasteiger partial charge in [0.05, 0.1) is 0 Å². The van der Waals surface area contributed by atoms with Crippen LogP contribution in [0.4, 0.5) is 44.7 Å². The minimum Gasteiger partial charge on any atom is -0.478 e. The van der Waals surface area contributed by atoms with E-state index in [2.05, 4.69) is 0 Å². The fraction of sp³-hybridized carbons (Fsp3) is 0.616. The van der Waals surface area contributed by atoms with Crippen LogP contribution in [-0.4, -0.2) is 195 Å². The fourth-order valence-electron chi connectivity index (χ4n) is 9.70. The second-order valence-electron chi connectivity index (χ2n) is 30.8. The normalized spacial score (nSPS) is 14.6. The first-order chi connectivity index (χ1) is 47.5. The predicted molar refractivity (Wildman–Crippen MR) is 375 cm³/mol. The molecule has 0 heterocycles. The van der Waals surface area contributed by atoms with Gasteiger partial charge in [0.1, 0.15) is 53.3 Å². The number of carbonyl (C=O) groups excluding carboxylic acids is 9. The Morgan fingerprint density at radius 2 is 0.705 bits per heavy atom. The molecule has 0 radical (unpaired) electrons. The zero-order chi connectivity index (χ0) is 81.1. The quantitative estimate of drug-likeness (QED) is 0.0281. The molecule has 0 aliphatic heterocycles. The van der Waals surface area contributed by atoms with Crippen molar-refractivity contribution in [3.05, 3.63) is 95.6 Å². The number of ether oxygens (including phenoxy) is 7. The van der Waals surface area contributed by atoms with Crippen molar-refractivity contribution in [2.75, 3.05) is 28.2 Å². The van der Waals surface area contributed by atoms with E-state index in [0.29, 0.717) is 11.1 Å². The lowest BCUT2D eigenvalue weighted by molar-refractivity contribution is -0.175. The van der Waals surface area contributed by atoms with Crippen LogP contribution in [0.25, 0.3) is 0 Å². The van der Waals surface area contributed by atoms with Crippen LogP contribution in [0, 0.1) is 10.8 Å². The van der Waals surface area contributed by atoms with Gasteiger partial charge in [-0.3, -0.25) is 19.4 Å². The standard InChI is InChI=1S/C40H54F4N2O9S.C33H48F4N2O9S/c1-25(53-33(48)29(22-37(2,3)4)46(11)36(51)55-38(5,6)7)32(47)45(10)30(23-39(8,9)41)34(49)54-31(35(50)52-24-27-15-13-12-14-16-27)21-26-17-19-28(20-18-26)56-40(42,43)44;1-19(46-27(43)22(17-30(2,3)4)39(11)29(45)48-31(5,6)7)25(40)38(10)23(18-32(8,9)34)28(44)47-24(26(41)42)16-20-12-14-21(15-13-20)49-33(35,36)37/h12-20,25,29-31H,21-24H2,1-11H3;12-15,19,22-24H,16-18H2,1-11H3,(H,41,42)/t25-,29+,30+,31-;19-,22+,23+,24-/m11/s1. The first-order valence-electron chi connectivity index (χ1n) is 33.3. The molecule has 3 aromatic carbocycles. The van der Waals surface area contributed by atoms with Gasteiger partial charge in [0.2, 0.25) is 12.2 Å². The van der Waals surface area contributed by atoms with E-state index in [1.807, 2.05) is 41.5 Å². The molecular formula is C73H102F8N4O18S2. The minimum atomic E-state index is -4.52. The van der Waals surface area contributed by atoms with Crippen molar-refractivity contribution in [2.45, 2.75) is 262 Å². The summed E-state index contributed by atoms with van der Waals surface area (Å²) in [6.45, 7) is 27.9. The summed E-state index contributed by atoms with van der Waals surface area (Å²) in [6.07, 6.45) is -9.86. The molecule has 1 N–H and O–H groups in total. The summed E-state index contributed by atoms with van der Waals surface area (Å²) in [5.74, 6) is -8.77. The number of thioether (sulfide) groups is 2. The van der Waals surface area contributed by atoms with E-state index in [-0.39, 0.29) is 64.7 Å². The number of hydrogen-bond acceptors (Lipinski definition) is 19. The number of esters is 5. The Kier molecular flexibility index (Phi) is 34.2. The number of alkyl halides is 8. The summed E-state index contributed by atoms with van der Waals surface area (Å²) < 4.78 is 145. The van der Waals surface area contributed by atoms with Gasteiger partial charge in [-0.05, 0) is 171 Å². The van der Waals surface area contributed by atoms with E-state index in [4.69, 9.17) is 33.2 Å². The molecule has 22 nitrogen and oxygen atoms in total. The molecular weight excluding hydrogens is 1440 g/mol. The summed E-state index contributed by atoms with van der Waals surface area (Å²) in [5.41, 5.74) is -14.7. The maximum absolute atomic E-state index is 15.2. The van der Waals surface area contributed by atoms with Gasteiger partial charge >= 0.3 is 59.0 Å². The third-order valence-corrected chi connectivity index (χ3v) is 16.2. The maximum atomic E-state index is 15.2. The minimum absolute atomic E-state index is 0.108. The molecule has 0 unspecified atom stereocenters. The van der Waals surface area contributed by atoms with Gasteiger partial charge in [-0.2, -0.15) is 26.3 Å². The highest BCUT2D eigenvalue weighted by Gasteiger charge is 2.44. The lowest BCUT2D eigenvalue weighted by Crippen LogP contribution is -2.52. The first kappa shape index (κ1) is 93.2. The van der Waals surface area contributed by atoms with E-state index in [1.54, 1.807) is 71.9 Å². The van der Waals surface area contributed by atoms with Crippen LogP contribution in [0.15, 0.2) is 88.7 Å². The molecule has 0 saturated carbocycles. The Morgan fingerprint density at radius 1 is 0.400 bits per heavy atom. The number of aliphatic carboxylic acids is 1. The van der Waals surface area contributed by atoms with Crippen LogP contribution in [0.3, 0.4) is 0 Å². The van der Waals surface area contributed by atoms with E-state index >= 15 is 4.39 Å².